The lowest BCUT2D eigenvalue weighted by Crippen LogP contribution is -2.30. The summed E-state index contributed by atoms with van der Waals surface area (Å²) in [5, 5.41) is 10.1. The lowest BCUT2D eigenvalue weighted by atomic mass is 10.2. The van der Waals surface area contributed by atoms with Gasteiger partial charge in [0, 0.05) is 12.7 Å². The zero-order chi connectivity index (χ0) is 21.9. The maximum atomic E-state index is 13.0. The molecule has 3 rings (SSSR count). The van der Waals surface area contributed by atoms with E-state index in [9.17, 15) is 18.0 Å². The van der Waals surface area contributed by atoms with Crippen LogP contribution in [0.2, 0.25) is 0 Å². The Morgan fingerprint density at radius 2 is 1.90 bits per heavy atom. The lowest BCUT2D eigenvalue weighted by Gasteiger charge is -2.13. The van der Waals surface area contributed by atoms with Gasteiger partial charge in [0.2, 0.25) is 5.91 Å². The van der Waals surface area contributed by atoms with E-state index in [1.165, 1.54) is 24.7 Å². The van der Waals surface area contributed by atoms with Crippen LogP contribution >= 0.6 is 11.8 Å². The summed E-state index contributed by atoms with van der Waals surface area (Å²) in [4.78, 5) is 12.5. The maximum absolute atomic E-state index is 13.0. The summed E-state index contributed by atoms with van der Waals surface area (Å²) >= 11 is 1.02. The van der Waals surface area contributed by atoms with E-state index < -0.39 is 17.0 Å². The third kappa shape index (κ3) is 4.78. The third-order valence-corrected chi connectivity index (χ3v) is 5.32. The predicted molar refractivity (Wildman–Crippen MR) is 105 cm³/mol. The van der Waals surface area contributed by atoms with Crippen molar-refractivity contribution in [3.63, 3.8) is 0 Å². The highest BCUT2D eigenvalue weighted by atomic mass is 32.2. The number of fused-ring (bicyclic) bond motifs is 1. The number of rotatable bonds is 7. The van der Waals surface area contributed by atoms with Gasteiger partial charge in [-0.05, 0) is 36.8 Å². The van der Waals surface area contributed by atoms with Crippen molar-refractivity contribution in [2.24, 2.45) is 0 Å². The maximum Gasteiger partial charge on any atom is 0.417 e. The number of alkyl halides is 3. The summed E-state index contributed by atoms with van der Waals surface area (Å²) in [5.41, 5.74) is 0.256. The zero-order valence-electron chi connectivity index (χ0n) is 16.4. The SMILES string of the molecule is COc1ccc(CNC(=O)C(C)Sc2nnc3ccc(C(F)(F)F)cn23)cc1OC. The van der Waals surface area contributed by atoms with E-state index >= 15 is 0 Å². The van der Waals surface area contributed by atoms with Gasteiger partial charge in [-0.2, -0.15) is 13.2 Å². The van der Waals surface area contributed by atoms with Crippen LogP contribution in [0.3, 0.4) is 0 Å². The van der Waals surface area contributed by atoms with Crippen molar-refractivity contribution in [2.45, 2.75) is 30.1 Å². The molecular formula is C19H19F3N4O3S. The molecule has 2 heterocycles. The zero-order valence-corrected chi connectivity index (χ0v) is 17.2. The highest BCUT2D eigenvalue weighted by Gasteiger charge is 2.31. The van der Waals surface area contributed by atoms with Crippen molar-refractivity contribution in [3.05, 3.63) is 47.7 Å². The number of aromatic nitrogens is 3. The molecule has 0 aliphatic heterocycles. The number of nitrogens with zero attached hydrogens (tertiary/aromatic N) is 3. The van der Waals surface area contributed by atoms with E-state index in [4.69, 9.17) is 9.47 Å². The predicted octanol–water partition coefficient (Wildman–Crippen LogP) is 3.56. The molecule has 1 N–H and O–H groups in total. The minimum Gasteiger partial charge on any atom is -0.493 e. The molecule has 0 saturated carbocycles. The molecule has 1 aromatic carbocycles. The summed E-state index contributed by atoms with van der Waals surface area (Å²) in [6, 6.07) is 7.46. The van der Waals surface area contributed by atoms with Gasteiger partial charge in [0.25, 0.3) is 0 Å². The second-order valence-corrected chi connectivity index (χ2v) is 7.60. The smallest absolute Gasteiger partial charge is 0.417 e. The molecule has 0 spiro atoms. The normalized spacial score (nSPS) is 12.6. The number of carbonyl (C=O) groups is 1. The molecule has 3 aromatic rings. The van der Waals surface area contributed by atoms with Gasteiger partial charge < -0.3 is 14.8 Å². The Hall–Kier alpha value is -2.95. The standard InChI is InChI=1S/C19H19F3N4O3S/c1-11(17(27)23-9-12-4-6-14(28-2)15(8-12)29-3)30-18-25-24-16-7-5-13(10-26(16)18)19(20,21)22/h4-8,10-11H,9H2,1-3H3,(H,23,27). The fourth-order valence-corrected chi connectivity index (χ4v) is 3.51. The van der Waals surface area contributed by atoms with Crippen LogP contribution < -0.4 is 14.8 Å². The lowest BCUT2D eigenvalue weighted by molar-refractivity contribution is -0.137. The van der Waals surface area contributed by atoms with Crippen LogP contribution in [0.5, 0.6) is 11.5 Å². The van der Waals surface area contributed by atoms with Gasteiger partial charge >= 0.3 is 6.18 Å². The summed E-state index contributed by atoms with van der Waals surface area (Å²) in [5.74, 6) is 0.828. The molecule has 0 fully saturated rings. The van der Waals surface area contributed by atoms with Crippen LogP contribution in [0.15, 0.2) is 41.7 Å². The number of carbonyl (C=O) groups excluding carboxylic acids is 1. The number of pyridine rings is 1. The van der Waals surface area contributed by atoms with Crippen LogP contribution in [0.25, 0.3) is 5.65 Å². The molecule has 7 nitrogen and oxygen atoms in total. The van der Waals surface area contributed by atoms with E-state index in [1.54, 1.807) is 25.1 Å². The van der Waals surface area contributed by atoms with Crippen molar-refractivity contribution in [2.75, 3.05) is 14.2 Å². The van der Waals surface area contributed by atoms with Gasteiger partial charge in [-0.1, -0.05) is 17.8 Å². The van der Waals surface area contributed by atoms with Crippen molar-refractivity contribution in [1.82, 2.24) is 19.9 Å². The molecule has 1 atom stereocenters. The summed E-state index contributed by atoms with van der Waals surface area (Å²) < 4.78 is 50.5. The van der Waals surface area contributed by atoms with E-state index in [1.807, 2.05) is 0 Å². The molecule has 0 aliphatic rings. The van der Waals surface area contributed by atoms with E-state index in [0.29, 0.717) is 11.5 Å². The van der Waals surface area contributed by atoms with Crippen LogP contribution in [-0.2, 0) is 17.5 Å². The summed E-state index contributed by atoms with van der Waals surface area (Å²) in [7, 11) is 3.05. The molecule has 0 saturated heterocycles. The van der Waals surface area contributed by atoms with E-state index in [-0.39, 0.29) is 23.3 Å². The first kappa shape index (κ1) is 21.8. The fourth-order valence-electron chi connectivity index (χ4n) is 2.65. The highest BCUT2D eigenvalue weighted by molar-refractivity contribution is 8.00. The Bertz CT molecular complexity index is 1060. The summed E-state index contributed by atoms with van der Waals surface area (Å²) in [6.07, 6.45) is -3.56. The van der Waals surface area contributed by atoms with Crippen LogP contribution in [0.4, 0.5) is 13.2 Å². The van der Waals surface area contributed by atoms with Gasteiger partial charge in [-0.15, -0.1) is 10.2 Å². The second kappa shape index (κ2) is 8.82. The quantitative estimate of drug-likeness (QED) is 0.566. The Morgan fingerprint density at radius 3 is 2.57 bits per heavy atom. The fraction of sp³-hybridized carbons (Fsp3) is 0.316. The third-order valence-electron chi connectivity index (χ3n) is 4.26. The number of benzene rings is 1. The Kier molecular flexibility index (Phi) is 6.40. The van der Waals surface area contributed by atoms with Crippen LogP contribution in [0, 0.1) is 0 Å². The summed E-state index contributed by atoms with van der Waals surface area (Å²) in [6.45, 7) is 1.90. The van der Waals surface area contributed by atoms with Gasteiger partial charge in [-0.25, -0.2) is 0 Å². The second-order valence-electron chi connectivity index (χ2n) is 6.29. The number of ether oxygens (including phenoxy) is 2. The number of halogens is 3. The molecule has 0 aliphatic carbocycles. The monoisotopic (exact) mass is 440 g/mol. The van der Waals surface area contributed by atoms with Gasteiger partial charge in [-0.3, -0.25) is 9.20 Å². The number of thioether (sulfide) groups is 1. The average Bonchev–Trinajstić information content (AvgIpc) is 3.13. The number of hydrogen-bond acceptors (Lipinski definition) is 6. The number of hydrogen-bond donors (Lipinski definition) is 1. The number of amides is 1. The van der Waals surface area contributed by atoms with E-state index in [2.05, 4.69) is 15.5 Å². The van der Waals surface area contributed by atoms with Crippen molar-refractivity contribution in [1.29, 1.82) is 0 Å². The topological polar surface area (TPSA) is 77.8 Å². The molecule has 11 heteroatoms. The van der Waals surface area contributed by atoms with Crippen molar-refractivity contribution in [3.8, 4) is 11.5 Å². The van der Waals surface area contributed by atoms with E-state index in [0.717, 1.165) is 29.6 Å². The Morgan fingerprint density at radius 1 is 1.17 bits per heavy atom. The van der Waals surface area contributed by atoms with Crippen molar-refractivity contribution >= 4 is 23.3 Å². The van der Waals surface area contributed by atoms with Gasteiger partial charge in [0.15, 0.2) is 22.3 Å². The van der Waals surface area contributed by atoms with Crippen LogP contribution in [-0.4, -0.2) is 40.0 Å². The molecule has 160 valence electrons. The highest BCUT2D eigenvalue weighted by Crippen LogP contribution is 2.31. The molecule has 0 bridgehead atoms. The largest absolute Gasteiger partial charge is 0.493 e. The molecule has 1 unspecified atom stereocenters. The van der Waals surface area contributed by atoms with Gasteiger partial charge in [0.05, 0.1) is 25.0 Å². The van der Waals surface area contributed by atoms with Crippen molar-refractivity contribution < 1.29 is 27.4 Å². The molecular weight excluding hydrogens is 421 g/mol. The van der Waals surface area contributed by atoms with Gasteiger partial charge in [0.1, 0.15) is 0 Å². The Balaban J connectivity index is 1.67. The molecule has 30 heavy (non-hydrogen) atoms. The first-order valence-electron chi connectivity index (χ1n) is 8.80. The Labute approximate surface area is 174 Å². The van der Waals surface area contributed by atoms with Crippen LogP contribution in [0.1, 0.15) is 18.1 Å². The first-order valence-corrected chi connectivity index (χ1v) is 9.68. The minimum atomic E-state index is -4.48. The first-order chi connectivity index (χ1) is 14.2. The molecule has 2 aromatic heterocycles. The minimum absolute atomic E-state index is 0.199. The number of methoxy groups -OCH3 is 2. The molecule has 1 amide bonds. The molecule has 0 radical (unpaired) electrons. The number of nitrogens with one attached hydrogen (secondary N) is 1. The average molecular weight is 440 g/mol.